The molecule has 0 aliphatic heterocycles. The fraction of sp³-hybridized carbons (Fsp3) is 0.417. The number of aromatic nitrogens is 2. The van der Waals surface area contributed by atoms with E-state index in [4.69, 9.17) is 0 Å². The molecule has 86 valence electrons. The lowest BCUT2D eigenvalue weighted by Gasteiger charge is -2.13. The molecule has 0 saturated carbocycles. The second-order valence-corrected chi connectivity index (χ2v) is 4.77. The zero-order valence-corrected chi connectivity index (χ0v) is 10.7. The van der Waals surface area contributed by atoms with Gasteiger partial charge < -0.3 is 5.32 Å². The summed E-state index contributed by atoms with van der Waals surface area (Å²) in [4.78, 5) is 1.37. The van der Waals surface area contributed by atoms with E-state index >= 15 is 0 Å². The number of nitrogens with zero attached hydrogens (tertiary/aromatic N) is 2. The highest BCUT2D eigenvalue weighted by Crippen LogP contribution is 2.28. The largest absolute Gasteiger partial charge is 0.309 e. The summed E-state index contributed by atoms with van der Waals surface area (Å²) in [6.07, 6.45) is 4.06. The zero-order valence-electron chi connectivity index (χ0n) is 9.90. The lowest BCUT2D eigenvalue weighted by Crippen LogP contribution is -2.16. The van der Waals surface area contributed by atoms with Gasteiger partial charge in [0.2, 0.25) is 0 Å². The van der Waals surface area contributed by atoms with Crippen molar-refractivity contribution in [1.29, 1.82) is 0 Å². The molecule has 0 saturated heterocycles. The molecule has 0 aromatic carbocycles. The van der Waals surface area contributed by atoms with Gasteiger partial charge in [-0.1, -0.05) is 0 Å². The first-order valence-electron chi connectivity index (χ1n) is 5.49. The van der Waals surface area contributed by atoms with Gasteiger partial charge in [0, 0.05) is 23.2 Å². The predicted molar refractivity (Wildman–Crippen MR) is 67.9 cm³/mol. The number of hydrogen-bond acceptors (Lipinski definition) is 3. The standard InChI is InChI=1S/C12H17N3S/c1-4-15-8-10(7-14-15)11(13-3)12-9(2)5-6-16-12/h5-8,11,13H,4H2,1-3H3. The van der Waals surface area contributed by atoms with E-state index in [1.807, 2.05) is 17.9 Å². The van der Waals surface area contributed by atoms with Gasteiger partial charge in [-0.2, -0.15) is 5.10 Å². The zero-order chi connectivity index (χ0) is 11.5. The molecular weight excluding hydrogens is 218 g/mol. The van der Waals surface area contributed by atoms with Crippen LogP contribution in [-0.2, 0) is 6.54 Å². The van der Waals surface area contributed by atoms with Gasteiger partial charge in [-0.05, 0) is 37.9 Å². The minimum atomic E-state index is 0.264. The van der Waals surface area contributed by atoms with Crippen LogP contribution < -0.4 is 5.32 Å². The summed E-state index contributed by atoms with van der Waals surface area (Å²) >= 11 is 1.79. The van der Waals surface area contributed by atoms with Crippen molar-refractivity contribution in [3.8, 4) is 0 Å². The minimum Gasteiger partial charge on any atom is -0.309 e. The molecule has 2 rings (SSSR count). The summed E-state index contributed by atoms with van der Waals surface area (Å²) in [5.41, 5.74) is 2.57. The van der Waals surface area contributed by atoms with E-state index in [-0.39, 0.29) is 6.04 Å². The monoisotopic (exact) mass is 235 g/mol. The van der Waals surface area contributed by atoms with Crippen molar-refractivity contribution in [2.45, 2.75) is 26.4 Å². The lowest BCUT2D eigenvalue weighted by atomic mass is 10.1. The Bertz CT molecular complexity index is 458. The number of rotatable bonds is 4. The van der Waals surface area contributed by atoms with Crippen molar-refractivity contribution in [3.05, 3.63) is 39.8 Å². The minimum absolute atomic E-state index is 0.264. The van der Waals surface area contributed by atoms with E-state index in [0.717, 1.165) is 6.54 Å². The molecule has 1 atom stereocenters. The fourth-order valence-electron chi connectivity index (χ4n) is 1.83. The molecule has 2 heterocycles. The summed E-state index contributed by atoms with van der Waals surface area (Å²) in [7, 11) is 1.99. The van der Waals surface area contributed by atoms with Crippen molar-refractivity contribution < 1.29 is 0 Å². The maximum atomic E-state index is 4.32. The highest BCUT2D eigenvalue weighted by molar-refractivity contribution is 7.10. The van der Waals surface area contributed by atoms with Crippen molar-refractivity contribution >= 4 is 11.3 Å². The molecule has 1 unspecified atom stereocenters. The van der Waals surface area contributed by atoms with Gasteiger partial charge in [0.15, 0.2) is 0 Å². The second-order valence-electron chi connectivity index (χ2n) is 3.82. The SMILES string of the molecule is CCn1cc(C(NC)c2sccc2C)cn1. The molecule has 0 fully saturated rings. The van der Waals surface area contributed by atoms with E-state index in [9.17, 15) is 0 Å². The fourth-order valence-corrected chi connectivity index (χ4v) is 2.89. The van der Waals surface area contributed by atoms with Gasteiger partial charge in [0.05, 0.1) is 12.2 Å². The van der Waals surface area contributed by atoms with Crippen molar-refractivity contribution in [3.63, 3.8) is 0 Å². The molecule has 3 nitrogen and oxygen atoms in total. The third kappa shape index (κ3) is 2.03. The van der Waals surface area contributed by atoms with Gasteiger partial charge in [-0.15, -0.1) is 11.3 Å². The quantitative estimate of drug-likeness (QED) is 0.882. The third-order valence-corrected chi connectivity index (χ3v) is 3.85. The molecule has 0 radical (unpaired) electrons. The maximum Gasteiger partial charge on any atom is 0.0702 e. The van der Waals surface area contributed by atoms with Crippen LogP contribution in [0.1, 0.15) is 29.0 Å². The van der Waals surface area contributed by atoms with Gasteiger partial charge in [0.25, 0.3) is 0 Å². The van der Waals surface area contributed by atoms with Crippen LogP contribution in [0.4, 0.5) is 0 Å². The van der Waals surface area contributed by atoms with Crippen LogP contribution >= 0.6 is 11.3 Å². The van der Waals surface area contributed by atoms with Gasteiger partial charge >= 0.3 is 0 Å². The molecule has 16 heavy (non-hydrogen) atoms. The van der Waals surface area contributed by atoms with Crippen LogP contribution in [0.15, 0.2) is 23.8 Å². The highest BCUT2D eigenvalue weighted by atomic mass is 32.1. The molecule has 1 N–H and O–H groups in total. The van der Waals surface area contributed by atoms with Crippen LogP contribution in [0.5, 0.6) is 0 Å². The van der Waals surface area contributed by atoms with E-state index in [2.05, 4.69) is 41.9 Å². The maximum absolute atomic E-state index is 4.32. The molecule has 0 bridgehead atoms. The Kier molecular flexibility index (Phi) is 3.41. The second kappa shape index (κ2) is 4.80. The molecular formula is C12H17N3S. The van der Waals surface area contributed by atoms with E-state index in [1.54, 1.807) is 11.3 Å². The van der Waals surface area contributed by atoms with E-state index < -0.39 is 0 Å². The summed E-state index contributed by atoms with van der Waals surface area (Å²) in [6, 6.07) is 2.43. The average molecular weight is 235 g/mol. The van der Waals surface area contributed by atoms with Crippen molar-refractivity contribution in [2.24, 2.45) is 0 Å². The molecule has 2 aromatic heterocycles. The molecule has 0 spiro atoms. The lowest BCUT2D eigenvalue weighted by molar-refractivity contribution is 0.654. The van der Waals surface area contributed by atoms with Crippen LogP contribution in [0.2, 0.25) is 0 Å². The Morgan fingerprint density at radius 1 is 1.56 bits per heavy atom. The third-order valence-electron chi connectivity index (χ3n) is 2.76. The van der Waals surface area contributed by atoms with E-state index in [1.165, 1.54) is 16.0 Å². The molecule has 0 aliphatic rings. The Balaban J connectivity index is 2.32. The smallest absolute Gasteiger partial charge is 0.0702 e. The first-order chi connectivity index (χ1) is 7.76. The summed E-state index contributed by atoms with van der Waals surface area (Å²) in [6.45, 7) is 5.17. The molecule has 4 heteroatoms. The summed E-state index contributed by atoms with van der Waals surface area (Å²) in [5, 5.41) is 9.82. The van der Waals surface area contributed by atoms with Gasteiger partial charge in [-0.25, -0.2) is 0 Å². The number of nitrogens with one attached hydrogen (secondary N) is 1. The van der Waals surface area contributed by atoms with Crippen LogP contribution in [0, 0.1) is 6.92 Å². The first kappa shape index (κ1) is 11.4. The number of hydrogen-bond donors (Lipinski definition) is 1. The van der Waals surface area contributed by atoms with Crippen LogP contribution in [0.25, 0.3) is 0 Å². The van der Waals surface area contributed by atoms with Crippen LogP contribution in [-0.4, -0.2) is 16.8 Å². The van der Waals surface area contributed by atoms with Crippen molar-refractivity contribution in [1.82, 2.24) is 15.1 Å². The van der Waals surface area contributed by atoms with Crippen molar-refractivity contribution in [2.75, 3.05) is 7.05 Å². The normalized spacial score (nSPS) is 12.9. The molecule has 0 aliphatic carbocycles. The average Bonchev–Trinajstić information content (AvgIpc) is 2.90. The summed E-state index contributed by atoms with van der Waals surface area (Å²) in [5.74, 6) is 0. The Labute approximate surface area is 100 Å². The Hall–Kier alpha value is -1.13. The molecule has 2 aromatic rings. The Morgan fingerprint density at radius 3 is 2.88 bits per heavy atom. The van der Waals surface area contributed by atoms with Gasteiger partial charge in [0.1, 0.15) is 0 Å². The predicted octanol–water partition coefficient (Wildman–Crippen LogP) is 2.58. The Morgan fingerprint density at radius 2 is 2.38 bits per heavy atom. The number of aryl methyl sites for hydroxylation is 2. The molecule has 0 amide bonds. The van der Waals surface area contributed by atoms with Gasteiger partial charge in [-0.3, -0.25) is 4.68 Å². The highest BCUT2D eigenvalue weighted by Gasteiger charge is 2.16. The topological polar surface area (TPSA) is 29.9 Å². The van der Waals surface area contributed by atoms with Crippen LogP contribution in [0.3, 0.4) is 0 Å². The summed E-state index contributed by atoms with van der Waals surface area (Å²) < 4.78 is 1.96. The van der Waals surface area contributed by atoms with E-state index in [0.29, 0.717) is 0 Å². The number of thiophene rings is 1. The first-order valence-corrected chi connectivity index (χ1v) is 6.37.